The molecule has 1 aliphatic rings. The van der Waals surface area contributed by atoms with Gasteiger partial charge in [0.1, 0.15) is 6.54 Å². The topological polar surface area (TPSA) is 29.1 Å². The van der Waals surface area contributed by atoms with Crippen molar-refractivity contribution in [3.8, 4) is 0 Å². The molecule has 0 saturated carbocycles. The Morgan fingerprint density at radius 1 is 1.50 bits per heavy atom. The number of hydrogen-bond acceptors (Lipinski definition) is 1. The van der Waals surface area contributed by atoms with Gasteiger partial charge < -0.3 is 0 Å². The smallest absolute Gasteiger partial charge is 0.269 e. The van der Waals surface area contributed by atoms with Crippen LogP contribution in [0.3, 0.4) is 0 Å². The average Bonchev–Trinajstić information content (AvgIpc) is 1.73. The van der Waals surface area contributed by atoms with Crippen LogP contribution in [0.5, 0.6) is 0 Å². The zero-order valence-electron chi connectivity index (χ0n) is 7.06. The summed E-state index contributed by atoms with van der Waals surface area (Å²) in [7, 11) is 3.99. The third-order valence-electron chi connectivity index (χ3n) is 1.81. The summed E-state index contributed by atoms with van der Waals surface area (Å²) in [4.78, 5) is 11.2. The van der Waals surface area contributed by atoms with E-state index in [1.54, 1.807) is 0 Å². The SMILES string of the molecule is CC1(C)C[N+](C)(C)NC1=O. The number of carbonyl (C=O) groups excluding carboxylic acids is 1. The van der Waals surface area contributed by atoms with Crippen LogP contribution in [0, 0.1) is 5.41 Å². The Balaban J connectivity index is 2.81. The van der Waals surface area contributed by atoms with Crippen LogP contribution in [0.4, 0.5) is 0 Å². The zero-order valence-corrected chi connectivity index (χ0v) is 7.06. The molecule has 1 N–H and O–H groups in total. The molecule has 1 rings (SSSR count). The standard InChI is InChI=1S/C7H14N2O/c1-7(2)5-9(3,4)8-6(7)10/h5H2,1-4H3/p+1. The molecular formula is C7H15N2O+. The van der Waals surface area contributed by atoms with Crippen molar-refractivity contribution in [3.05, 3.63) is 0 Å². The minimum atomic E-state index is -0.191. The third kappa shape index (κ3) is 1.14. The molecule has 0 radical (unpaired) electrons. The second-order valence-electron chi connectivity index (χ2n) is 4.17. The van der Waals surface area contributed by atoms with Gasteiger partial charge in [-0.05, 0) is 13.8 Å². The van der Waals surface area contributed by atoms with Crippen molar-refractivity contribution in [2.24, 2.45) is 5.41 Å². The van der Waals surface area contributed by atoms with Crippen molar-refractivity contribution in [1.82, 2.24) is 5.43 Å². The van der Waals surface area contributed by atoms with Gasteiger partial charge in [0.2, 0.25) is 0 Å². The van der Waals surface area contributed by atoms with Crippen molar-refractivity contribution in [2.75, 3.05) is 20.6 Å². The molecule has 10 heavy (non-hydrogen) atoms. The van der Waals surface area contributed by atoms with E-state index in [1.807, 2.05) is 27.9 Å². The molecule has 1 aliphatic heterocycles. The van der Waals surface area contributed by atoms with E-state index in [0.29, 0.717) is 4.59 Å². The lowest BCUT2D eigenvalue weighted by Gasteiger charge is -2.21. The highest BCUT2D eigenvalue weighted by Gasteiger charge is 2.45. The van der Waals surface area contributed by atoms with Crippen LogP contribution >= 0.6 is 0 Å². The van der Waals surface area contributed by atoms with Crippen LogP contribution in [-0.2, 0) is 4.79 Å². The number of quaternary nitrogens is 1. The molecule has 1 amide bonds. The van der Waals surface area contributed by atoms with Crippen molar-refractivity contribution < 1.29 is 9.39 Å². The van der Waals surface area contributed by atoms with Crippen molar-refractivity contribution in [1.29, 1.82) is 0 Å². The maximum atomic E-state index is 11.2. The monoisotopic (exact) mass is 143 g/mol. The molecule has 3 heteroatoms. The van der Waals surface area contributed by atoms with Gasteiger partial charge in [-0.2, -0.15) is 0 Å². The first-order chi connectivity index (χ1) is 4.33. The van der Waals surface area contributed by atoms with E-state index in [-0.39, 0.29) is 11.3 Å². The Labute approximate surface area is 61.6 Å². The molecule has 58 valence electrons. The highest BCUT2D eigenvalue weighted by Crippen LogP contribution is 2.24. The molecule has 0 aromatic heterocycles. The molecule has 0 spiro atoms. The van der Waals surface area contributed by atoms with Crippen LogP contribution in [-0.4, -0.2) is 31.1 Å². The third-order valence-corrected chi connectivity index (χ3v) is 1.81. The molecule has 0 aromatic carbocycles. The van der Waals surface area contributed by atoms with Crippen LogP contribution < -0.4 is 5.43 Å². The van der Waals surface area contributed by atoms with Crippen molar-refractivity contribution in [2.45, 2.75) is 13.8 Å². The zero-order chi connectivity index (χ0) is 7.99. The van der Waals surface area contributed by atoms with Gasteiger partial charge in [0.05, 0.1) is 19.5 Å². The molecule has 0 aliphatic carbocycles. The number of hydrogen-bond donors (Lipinski definition) is 1. The van der Waals surface area contributed by atoms with E-state index in [2.05, 4.69) is 5.43 Å². The quantitative estimate of drug-likeness (QED) is 0.480. The van der Waals surface area contributed by atoms with Crippen LogP contribution in [0.15, 0.2) is 0 Å². The van der Waals surface area contributed by atoms with Gasteiger partial charge in [-0.3, -0.25) is 4.79 Å². The summed E-state index contributed by atoms with van der Waals surface area (Å²) in [6.07, 6.45) is 0. The molecule has 1 fully saturated rings. The lowest BCUT2D eigenvalue weighted by molar-refractivity contribution is -0.919. The Morgan fingerprint density at radius 3 is 2.10 bits per heavy atom. The molecule has 0 bridgehead atoms. The summed E-state index contributed by atoms with van der Waals surface area (Å²) in [5.41, 5.74) is 2.69. The van der Waals surface area contributed by atoms with Gasteiger partial charge in [0.25, 0.3) is 5.91 Å². The summed E-state index contributed by atoms with van der Waals surface area (Å²) in [5.74, 6) is 0.150. The van der Waals surface area contributed by atoms with Gasteiger partial charge in [-0.25, -0.2) is 10.0 Å². The van der Waals surface area contributed by atoms with Crippen LogP contribution in [0.25, 0.3) is 0 Å². The van der Waals surface area contributed by atoms with E-state index in [0.717, 1.165) is 6.54 Å². The minimum absolute atomic E-state index is 0.150. The molecule has 1 heterocycles. The van der Waals surface area contributed by atoms with Gasteiger partial charge in [-0.1, -0.05) is 0 Å². The molecular weight excluding hydrogens is 128 g/mol. The summed E-state index contributed by atoms with van der Waals surface area (Å²) in [6, 6.07) is 0. The lowest BCUT2D eigenvalue weighted by Crippen LogP contribution is -2.47. The van der Waals surface area contributed by atoms with Gasteiger partial charge in [0, 0.05) is 0 Å². The Kier molecular flexibility index (Phi) is 1.30. The highest BCUT2D eigenvalue weighted by atomic mass is 16.2. The van der Waals surface area contributed by atoms with Crippen molar-refractivity contribution in [3.63, 3.8) is 0 Å². The molecule has 3 nitrogen and oxygen atoms in total. The van der Waals surface area contributed by atoms with Gasteiger partial charge >= 0.3 is 0 Å². The molecule has 1 saturated heterocycles. The first kappa shape index (κ1) is 7.54. The Hall–Kier alpha value is -0.570. The van der Waals surface area contributed by atoms with E-state index in [4.69, 9.17) is 0 Å². The number of nitrogens with one attached hydrogen (secondary N) is 1. The van der Waals surface area contributed by atoms with Crippen LogP contribution in [0.2, 0.25) is 0 Å². The molecule has 0 aromatic rings. The fraction of sp³-hybridized carbons (Fsp3) is 0.857. The first-order valence-electron chi connectivity index (χ1n) is 3.49. The number of rotatable bonds is 0. The van der Waals surface area contributed by atoms with Crippen LogP contribution in [0.1, 0.15) is 13.8 Å². The van der Waals surface area contributed by atoms with Gasteiger partial charge in [0.15, 0.2) is 0 Å². The largest absolute Gasteiger partial charge is 0.276 e. The normalized spacial score (nSPS) is 28.2. The van der Waals surface area contributed by atoms with E-state index in [9.17, 15) is 4.79 Å². The second-order valence-corrected chi connectivity index (χ2v) is 4.17. The lowest BCUT2D eigenvalue weighted by atomic mass is 9.94. The highest BCUT2D eigenvalue weighted by molar-refractivity contribution is 5.82. The first-order valence-corrected chi connectivity index (χ1v) is 3.49. The summed E-state index contributed by atoms with van der Waals surface area (Å²) >= 11 is 0. The summed E-state index contributed by atoms with van der Waals surface area (Å²) < 4.78 is 0.603. The molecule has 0 atom stereocenters. The predicted molar refractivity (Wildman–Crippen MR) is 38.9 cm³/mol. The van der Waals surface area contributed by atoms with E-state index in [1.165, 1.54) is 0 Å². The average molecular weight is 143 g/mol. The predicted octanol–water partition coefficient (Wildman–Crippen LogP) is 0.134. The Morgan fingerprint density at radius 2 is 2.00 bits per heavy atom. The Bertz CT molecular complexity index is 172. The summed E-state index contributed by atoms with van der Waals surface area (Å²) in [6.45, 7) is 4.80. The minimum Gasteiger partial charge on any atom is -0.269 e. The van der Waals surface area contributed by atoms with Crippen molar-refractivity contribution >= 4 is 5.91 Å². The van der Waals surface area contributed by atoms with E-state index < -0.39 is 0 Å². The number of amides is 1. The second kappa shape index (κ2) is 1.72. The maximum absolute atomic E-state index is 11.2. The fourth-order valence-corrected chi connectivity index (χ4v) is 1.53. The fourth-order valence-electron chi connectivity index (χ4n) is 1.53. The maximum Gasteiger partial charge on any atom is 0.276 e. The summed E-state index contributed by atoms with van der Waals surface area (Å²) in [5, 5.41) is 0. The number of carbonyl (C=O) groups is 1. The molecule has 0 unspecified atom stereocenters. The number of nitrogens with zero attached hydrogens (tertiary/aromatic N) is 1. The van der Waals surface area contributed by atoms with E-state index >= 15 is 0 Å². The van der Waals surface area contributed by atoms with Gasteiger partial charge in [-0.15, -0.1) is 0 Å².